The summed E-state index contributed by atoms with van der Waals surface area (Å²) in [4.78, 5) is 0. The van der Waals surface area contributed by atoms with E-state index in [9.17, 15) is 0 Å². The number of rotatable bonds is 8. The molecule has 0 amide bonds. The summed E-state index contributed by atoms with van der Waals surface area (Å²) in [6.07, 6.45) is 1.02. The number of benzene rings is 1. The Labute approximate surface area is 123 Å². The van der Waals surface area contributed by atoms with Gasteiger partial charge < -0.3 is 14.8 Å². The molecule has 0 aliphatic rings. The summed E-state index contributed by atoms with van der Waals surface area (Å²) in [5.74, 6) is 1.39. The molecule has 1 aromatic carbocycles. The fourth-order valence-electron chi connectivity index (χ4n) is 2.02. The molecule has 0 aromatic heterocycles. The van der Waals surface area contributed by atoms with Gasteiger partial charge in [-0.25, -0.2) is 0 Å². The Morgan fingerprint density at radius 1 is 1.15 bits per heavy atom. The zero-order valence-corrected chi connectivity index (χ0v) is 13.5. The molecule has 1 unspecified atom stereocenters. The Kier molecular flexibility index (Phi) is 7.03. The van der Waals surface area contributed by atoms with E-state index in [1.54, 1.807) is 7.11 Å². The summed E-state index contributed by atoms with van der Waals surface area (Å²) in [7, 11) is 1.69. The lowest BCUT2D eigenvalue weighted by Crippen LogP contribution is -2.40. The second kappa shape index (κ2) is 8.28. The summed E-state index contributed by atoms with van der Waals surface area (Å²) >= 11 is 0. The highest BCUT2D eigenvalue weighted by atomic mass is 16.5. The van der Waals surface area contributed by atoms with E-state index >= 15 is 0 Å². The van der Waals surface area contributed by atoms with Crippen LogP contribution in [0, 0.1) is 5.92 Å². The zero-order valence-electron chi connectivity index (χ0n) is 13.5. The first kappa shape index (κ1) is 17.0. The van der Waals surface area contributed by atoms with Crippen LogP contribution >= 0.6 is 0 Å². The molecule has 114 valence electrons. The lowest BCUT2D eigenvalue weighted by molar-refractivity contribution is 0.107. The molecule has 1 rings (SSSR count). The van der Waals surface area contributed by atoms with E-state index in [0.717, 1.165) is 31.9 Å². The van der Waals surface area contributed by atoms with Crippen LogP contribution in [-0.2, 0) is 11.2 Å². The summed E-state index contributed by atoms with van der Waals surface area (Å²) in [6.45, 7) is 11.2. The van der Waals surface area contributed by atoms with E-state index < -0.39 is 0 Å². The minimum atomic E-state index is 0.143. The normalized spacial score (nSPS) is 13.2. The van der Waals surface area contributed by atoms with Gasteiger partial charge in [0, 0.05) is 18.7 Å². The first-order valence-electron chi connectivity index (χ1n) is 7.40. The van der Waals surface area contributed by atoms with Gasteiger partial charge in [0.1, 0.15) is 5.75 Å². The number of hydrogen-bond acceptors (Lipinski definition) is 3. The summed E-state index contributed by atoms with van der Waals surface area (Å²) in [5, 5.41) is 3.57. The molecule has 3 heteroatoms. The van der Waals surface area contributed by atoms with Gasteiger partial charge in [0.25, 0.3) is 0 Å². The highest BCUT2D eigenvalue weighted by Gasteiger charge is 2.15. The second-order valence-corrected chi connectivity index (χ2v) is 6.21. The van der Waals surface area contributed by atoms with Crippen molar-refractivity contribution in [3.63, 3.8) is 0 Å². The number of methoxy groups -OCH3 is 1. The van der Waals surface area contributed by atoms with Crippen LogP contribution in [-0.4, -0.2) is 32.4 Å². The van der Waals surface area contributed by atoms with Crippen molar-refractivity contribution in [3.8, 4) is 5.75 Å². The maximum absolute atomic E-state index is 5.61. The van der Waals surface area contributed by atoms with Crippen LogP contribution in [0.15, 0.2) is 24.3 Å². The van der Waals surface area contributed by atoms with Crippen molar-refractivity contribution >= 4 is 0 Å². The van der Waals surface area contributed by atoms with Crippen molar-refractivity contribution in [3.05, 3.63) is 29.8 Å². The third-order valence-electron chi connectivity index (χ3n) is 3.16. The molecule has 0 aliphatic carbocycles. The molecule has 0 radical (unpaired) electrons. The average Bonchev–Trinajstić information content (AvgIpc) is 2.41. The lowest BCUT2D eigenvalue weighted by Gasteiger charge is -2.25. The minimum absolute atomic E-state index is 0.143. The van der Waals surface area contributed by atoms with E-state index in [-0.39, 0.29) is 5.54 Å². The summed E-state index contributed by atoms with van der Waals surface area (Å²) in [5.41, 5.74) is 1.47. The van der Waals surface area contributed by atoms with Gasteiger partial charge in [0.05, 0.1) is 13.7 Å². The number of ether oxygens (including phenoxy) is 2. The molecular formula is C17H29NO2. The van der Waals surface area contributed by atoms with Crippen LogP contribution < -0.4 is 10.1 Å². The SMILES string of the molecule is CCOCC(CNC(C)(C)C)Cc1ccc(OC)cc1. The third kappa shape index (κ3) is 6.92. The number of hydrogen-bond donors (Lipinski definition) is 1. The van der Waals surface area contributed by atoms with E-state index in [4.69, 9.17) is 9.47 Å². The Morgan fingerprint density at radius 3 is 2.30 bits per heavy atom. The summed E-state index contributed by atoms with van der Waals surface area (Å²) < 4.78 is 10.8. The Bertz CT molecular complexity index is 368. The maximum atomic E-state index is 5.61. The molecule has 1 atom stereocenters. The molecule has 0 spiro atoms. The Morgan fingerprint density at radius 2 is 1.80 bits per heavy atom. The van der Waals surface area contributed by atoms with Gasteiger partial charge in [-0.1, -0.05) is 12.1 Å². The van der Waals surface area contributed by atoms with Gasteiger partial charge in [0.2, 0.25) is 0 Å². The van der Waals surface area contributed by atoms with Gasteiger partial charge in [-0.05, 0) is 57.7 Å². The van der Waals surface area contributed by atoms with Crippen molar-refractivity contribution in [1.29, 1.82) is 0 Å². The molecule has 0 saturated heterocycles. The molecule has 3 nitrogen and oxygen atoms in total. The molecule has 0 aliphatic heterocycles. The largest absolute Gasteiger partial charge is 0.497 e. The van der Waals surface area contributed by atoms with Gasteiger partial charge in [0.15, 0.2) is 0 Å². The second-order valence-electron chi connectivity index (χ2n) is 6.21. The maximum Gasteiger partial charge on any atom is 0.118 e. The number of nitrogens with one attached hydrogen (secondary N) is 1. The fourth-order valence-corrected chi connectivity index (χ4v) is 2.02. The van der Waals surface area contributed by atoms with Crippen LogP contribution in [0.5, 0.6) is 5.75 Å². The van der Waals surface area contributed by atoms with Crippen molar-refractivity contribution in [1.82, 2.24) is 5.32 Å². The smallest absolute Gasteiger partial charge is 0.118 e. The lowest BCUT2D eigenvalue weighted by atomic mass is 9.98. The zero-order chi connectivity index (χ0) is 15.0. The molecule has 0 heterocycles. The van der Waals surface area contributed by atoms with Gasteiger partial charge in [-0.2, -0.15) is 0 Å². The van der Waals surface area contributed by atoms with Crippen LogP contribution in [0.3, 0.4) is 0 Å². The van der Waals surface area contributed by atoms with Crippen molar-refractivity contribution in [2.24, 2.45) is 5.92 Å². The highest BCUT2D eigenvalue weighted by Crippen LogP contribution is 2.15. The molecule has 1 aromatic rings. The van der Waals surface area contributed by atoms with E-state index in [1.165, 1.54) is 5.56 Å². The molecule has 1 N–H and O–H groups in total. The van der Waals surface area contributed by atoms with Gasteiger partial charge >= 0.3 is 0 Å². The molecule has 0 bridgehead atoms. The standard InChI is InChI=1S/C17H29NO2/c1-6-20-13-15(12-18-17(2,3)4)11-14-7-9-16(19-5)10-8-14/h7-10,15,18H,6,11-13H2,1-5H3. The van der Waals surface area contributed by atoms with Gasteiger partial charge in [-0.15, -0.1) is 0 Å². The van der Waals surface area contributed by atoms with Crippen LogP contribution in [0.1, 0.15) is 33.3 Å². The van der Waals surface area contributed by atoms with Crippen molar-refractivity contribution < 1.29 is 9.47 Å². The Balaban J connectivity index is 2.57. The molecule has 20 heavy (non-hydrogen) atoms. The topological polar surface area (TPSA) is 30.5 Å². The quantitative estimate of drug-likeness (QED) is 0.792. The van der Waals surface area contributed by atoms with Crippen LogP contribution in [0.4, 0.5) is 0 Å². The molecule has 0 fully saturated rings. The van der Waals surface area contributed by atoms with Crippen molar-refractivity contribution in [2.45, 2.75) is 39.7 Å². The van der Waals surface area contributed by atoms with Gasteiger partial charge in [-0.3, -0.25) is 0 Å². The highest BCUT2D eigenvalue weighted by molar-refractivity contribution is 5.27. The van der Waals surface area contributed by atoms with Crippen molar-refractivity contribution in [2.75, 3.05) is 26.9 Å². The van der Waals surface area contributed by atoms with E-state index in [2.05, 4.69) is 38.2 Å². The average molecular weight is 279 g/mol. The fraction of sp³-hybridized carbons (Fsp3) is 0.647. The third-order valence-corrected chi connectivity index (χ3v) is 3.16. The summed E-state index contributed by atoms with van der Waals surface area (Å²) in [6, 6.07) is 8.30. The van der Waals surface area contributed by atoms with Crippen LogP contribution in [0.25, 0.3) is 0 Å². The predicted molar refractivity (Wildman–Crippen MR) is 84.4 cm³/mol. The molecular weight excluding hydrogens is 250 g/mol. The first-order valence-corrected chi connectivity index (χ1v) is 7.40. The van der Waals surface area contributed by atoms with E-state index in [0.29, 0.717) is 5.92 Å². The Hall–Kier alpha value is -1.06. The monoisotopic (exact) mass is 279 g/mol. The van der Waals surface area contributed by atoms with Crippen LogP contribution in [0.2, 0.25) is 0 Å². The van der Waals surface area contributed by atoms with E-state index in [1.807, 2.05) is 19.1 Å². The minimum Gasteiger partial charge on any atom is -0.497 e. The predicted octanol–water partition coefficient (Wildman–Crippen LogP) is 3.28. The molecule has 0 saturated carbocycles. The first-order chi connectivity index (χ1) is 9.44.